The molecule has 1 aromatic carbocycles. The van der Waals surface area contributed by atoms with Crippen molar-refractivity contribution in [1.82, 2.24) is 4.98 Å². The monoisotopic (exact) mass is 363 g/mol. The van der Waals surface area contributed by atoms with Crippen LogP contribution in [-0.4, -0.2) is 31.6 Å². The molecule has 3 rings (SSSR count). The molecule has 126 valence electrons. The first-order valence-electron chi connectivity index (χ1n) is 7.45. The van der Waals surface area contributed by atoms with Gasteiger partial charge in [0.15, 0.2) is 0 Å². The van der Waals surface area contributed by atoms with Crippen molar-refractivity contribution in [3.8, 4) is 0 Å². The van der Waals surface area contributed by atoms with Gasteiger partial charge in [-0.3, -0.25) is 14.5 Å². The van der Waals surface area contributed by atoms with Gasteiger partial charge < -0.3 is 4.90 Å². The maximum atomic E-state index is 12.6. The Morgan fingerprint density at radius 3 is 2.88 bits per heavy atom. The first-order chi connectivity index (χ1) is 11.5. The highest BCUT2D eigenvalue weighted by Crippen LogP contribution is 2.36. The number of fused-ring (bicyclic) bond motifs is 1. The molecule has 0 bridgehead atoms. The number of thioether (sulfide) groups is 1. The zero-order valence-electron chi connectivity index (χ0n) is 13.1. The van der Waals surface area contributed by atoms with Crippen molar-refractivity contribution < 1.29 is 13.2 Å². The van der Waals surface area contributed by atoms with E-state index in [2.05, 4.69) is 9.71 Å². The van der Waals surface area contributed by atoms with Crippen LogP contribution in [0.25, 0.3) is 0 Å². The highest BCUT2D eigenvalue weighted by atomic mass is 32.2. The summed E-state index contributed by atoms with van der Waals surface area (Å²) in [4.78, 5) is 18.5. The molecule has 0 aliphatic carbocycles. The van der Waals surface area contributed by atoms with Gasteiger partial charge in [0, 0.05) is 24.6 Å². The van der Waals surface area contributed by atoms with Crippen LogP contribution in [0.2, 0.25) is 0 Å². The Hall–Kier alpha value is -2.06. The summed E-state index contributed by atoms with van der Waals surface area (Å²) in [6.45, 7) is 2.09. The van der Waals surface area contributed by atoms with E-state index in [0.717, 1.165) is 17.1 Å². The van der Waals surface area contributed by atoms with E-state index >= 15 is 0 Å². The third-order valence-corrected chi connectivity index (χ3v) is 6.14. The topological polar surface area (TPSA) is 79.4 Å². The number of anilines is 2. The molecular weight excluding hydrogens is 346 g/mol. The Morgan fingerprint density at radius 1 is 1.33 bits per heavy atom. The standard InChI is InChI=1S/C16H17N3O3S2/c1-12(20)19-8-3-9-23-16-6-5-14(10-15(16)19)24(21,22)18-13-4-2-7-17-11-13/h2,4-7,10-11,18H,3,8-9H2,1H3. The van der Waals surface area contributed by atoms with Gasteiger partial charge in [-0.1, -0.05) is 0 Å². The lowest BCUT2D eigenvalue weighted by Gasteiger charge is -2.21. The van der Waals surface area contributed by atoms with Crippen molar-refractivity contribution >= 4 is 39.1 Å². The first kappa shape index (κ1) is 16.8. The molecule has 0 fully saturated rings. The number of carbonyl (C=O) groups is 1. The van der Waals surface area contributed by atoms with Gasteiger partial charge in [-0.2, -0.15) is 0 Å². The quantitative estimate of drug-likeness (QED) is 0.907. The van der Waals surface area contributed by atoms with Gasteiger partial charge in [-0.25, -0.2) is 8.42 Å². The summed E-state index contributed by atoms with van der Waals surface area (Å²) >= 11 is 1.63. The van der Waals surface area contributed by atoms with Crippen LogP contribution in [0.3, 0.4) is 0 Å². The fourth-order valence-electron chi connectivity index (χ4n) is 2.49. The minimum atomic E-state index is -3.75. The second kappa shape index (κ2) is 6.82. The summed E-state index contributed by atoms with van der Waals surface area (Å²) < 4.78 is 27.7. The molecule has 0 atom stereocenters. The minimum Gasteiger partial charge on any atom is -0.311 e. The average Bonchev–Trinajstić information content (AvgIpc) is 2.77. The van der Waals surface area contributed by atoms with E-state index in [-0.39, 0.29) is 10.8 Å². The molecule has 0 spiro atoms. The molecule has 2 heterocycles. The summed E-state index contributed by atoms with van der Waals surface area (Å²) in [5.41, 5.74) is 1.05. The molecule has 1 N–H and O–H groups in total. The van der Waals surface area contributed by atoms with Crippen LogP contribution in [0.15, 0.2) is 52.5 Å². The normalized spacial score (nSPS) is 14.6. The third-order valence-electron chi connectivity index (χ3n) is 3.61. The summed E-state index contributed by atoms with van der Waals surface area (Å²) in [7, 11) is -3.75. The van der Waals surface area contributed by atoms with E-state index in [1.807, 2.05) is 0 Å². The van der Waals surface area contributed by atoms with E-state index < -0.39 is 10.0 Å². The average molecular weight is 363 g/mol. The summed E-state index contributed by atoms with van der Waals surface area (Å²) in [5, 5.41) is 0. The zero-order chi connectivity index (χ0) is 17.2. The summed E-state index contributed by atoms with van der Waals surface area (Å²) in [5.74, 6) is 0.810. The van der Waals surface area contributed by atoms with Gasteiger partial charge in [0.1, 0.15) is 0 Å². The predicted octanol–water partition coefficient (Wildman–Crippen LogP) is 2.73. The zero-order valence-corrected chi connectivity index (χ0v) is 14.7. The molecule has 8 heteroatoms. The maximum absolute atomic E-state index is 12.6. The summed E-state index contributed by atoms with van der Waals surface area (Å²) in [6, 6.07) is 8.18. The van der Waals surface area contributed by atoms with E-state index in [9.17, 15) is 13.2 Å². The van der Waals surface area contributed by atoms with Crippen molar-refractivity contribution in [2.24, 2.45) is 0 Å². The first-order valence-corrected chi connectivity index (χ1v) is 9.92. The molecule has 0 saturated heterocycles. The van der Waals surface area contributed by atoms with Crippen LogP contribution in [0.5, 0.6) is 0 Å². The molecule has 24 heavy (non-hydrogen) atoms. The molecular formula is C16H17N3O3S2. The molecule has 1 aromatic heterocycles. The van der Waals surface area contributed by atoms with Crippen LogP contribution in [0.4, 0.5) is 11.4 Å². The SMILES string of the molecule is CC(=O)N1CCCSc2ccc(S(=O)(=O)Nc3cccnc3)cc21. The van der Waals surface area contributed by atoms with E-state index in [1.54, 1.807) is 53.2 Å². The minimum absolute atomic E-state index is 0.0893. The number of pyridine rings is 1. The third kappa shape index (κ3) is 3.54. The maximum Gasteiger partial charge on any atom is 0.262 e. The van der Waals surface area contributed by atoms with Crippen LogP contribution in [-0.2, 0) is 14.8 Å². The van der Waals surface area contributed by atoms with E-state index in [0.29, 0.717) is 17.9 Å². The fraction of sp³-hybridized carbons (Fsp3) is 0.250. The molecule has 2 aromatic rings. The van der Waals surface area contributed by atoms with Gasteiger partial charge in [0.05, 0.1) is 22.5 Å². The Kier molecular flexibility index (Phi) is 4.77. The predicted molar refractivity (Wildman–Crippen MR) is 94.9 cm³/mol. The number of benzene rings is 1. The molecule has 0 radical (unpaired) electrons. The number of amides is 1. The van der Waals surface area contributed by atoms with Gasteiger partial charge >= 0.3 is 0 Å². The van der Waals surface area contributed by atoms with Gasteiger partial charge in [-0.15, -0.1) is 11.8 Å². The largest absolute Gasteiger partial charge is 0.311 e. The Balaban J connectivity index is 1.99. The smallest absolute Gasteiger partial charge is 0.262 e. The fourth-order valence-corrected chi connectivity index (χ4v) is 4.52. The number of hydrogen-bond acceptors (Lipinski definition) is 5. The Morgan fingerprint density at radius 2 is 2.17 bits per heavy atom. The number of sulfonamides is 1. The lowest BCUT2D eigenvalue weighted by molar-refractivity contribution is -0.116. The number of nitrogens with one attached hydrogen (secondary N) is 1. The second-order valence-corrected chi connectivity index (χ2v) is 8.17. The van der Waals surface area contributed by atoms with Crippen LogP contribution in [0, 0.1) is 0 Å². The lowest BCUT2D eigenvalue weighted by atomic mass is 10.2. The Bertz CT molecular complexity index is 854. The molecule has 0 unspecified atom stereocenters. The number of nitrogens with zero attached hydrogens (tertiary/aromatic N) is 2. The van der Waals surface area contributed by atoms with Crippen molar-refractivity contribution in [3.05, 3.63) is 42.7 Å². The van der Waals surface area contributed by atoms with Gasteiger partial charge in [0.2, 0.25) is 5.91 Å². The number of aromatic nitrogens is 1. The summed E-state index contributed by atoms with van der Waals surface area (Å²) in [6.07, 6.45) is 3.88. The number of rotatable bonds is 3. The molecule has 1 amide bonds. The van der Waals surface area contributed by atoms with E-state index in [1.165, 1.54) is 13.1 Å². The van der Waals surface area contributed by atoms with Gasteiger partial charge in [-0.05, 0) is 42.5 Å². The second-order valence-electron chi connectivity index (χ2n) is 5.35. The van der Waals surface area contributed by atoms with Crippen molar-refractivity contribution in [3.63, 3.8) is 0 Å². The highest BCUT2D eigenvalue weighted by molar-refractivity contribution is 7.99. The van der Waals surface area contributed by atoms with Crippen LogP contribution in [0.1, 0.15) is 13.3 Å². The molecule has 6 nitrogen and oxygen atoms in total. The van der Waals surface area contributed by atoms with Crippen molar-refractivity contribution in [1.29, 1.82) is 0 Å². The van der Waals surface area contributed by atoms with Crippen molar-refractivity contribution in [2.75, 3.05) is 21.9 Å². The highest BCUT2D eigenvalue weighted by Gasteiger charge is 2.23. The van der Waals surface area contributed by atoms with Crippen LogP contribution >= 0.6 is 11.8 Å². The number of hydrogen-bond donors (Lipinski definition) is 1. The molecule has 1 aliphatic heterocycles. The number of carbonyl (C=O) groups excluding carboxylic acids is 1. The molecule has 0 saturated carbocycles. The van der Waals surface area contributed by atoms with Gasteiger partial charge in [0.25, 0.3) is 10.0 Å². The van der Waals surface area contributed by atoms with Crippen LogP contribution < -0.4 is 9.62 Å². The molecule has 1 aliphatic rings. The Labute approximate surface area is 145 Å². The van der Waals surface area contributed by atoms with E-state index in [4.69, 9.17) is 0 Å². The lowest BCUT2D eigenvalue weighted by Crippen LogP contribution is -2.29. The van der Waals surface area contributed by atoms with Crippen molar-refractivity contribution in [2.45, 2.75) is 23.1 Å².